The number of sulfonamides is 1. The predicted octanol–water partition coefficient (Wildman–Crippen LogP) is -0.607. The monoisotopic (exact) mass is 245 g/mol. The molecule has 0 unspecified atom stereocenters. The minimum absolute atomic E-state index is 0.225. The molecule has 4 nitrogen and oxygen atoms in total. The first-order chi connectivity index (χ1) is 7.62. The smallest absolute Gasteiger partial charge is 0.246 e. The lowest BCUT2D eigenvalue weighted by Crippen LogP contribution is -2.89. The third-order valence-electron chi connectivity index (χ3n) is 2.62. The zero-order chi connectivity index (χ0) is 11.6. The van der Waals surface area contributed by atoms with Crippen LogP contribution in [0.3, 0.4) is 0 Å². The zero-order valence-corrected chi connectivity index (χ0v) is 9.58. The molecule has 0 amide bonds. The van der Waals surface area contributed by atoms with Gasteiger partial charge in [-0.1, -0.05) is 12.1 Å². The molecular weight excluding hydrogens is 231 g/mol. The Kier molecular flexibility index (Phi) is 3.22. The van der Waals surface area contributed by atoms with E-state index in [1.807, 2.05) is 5.32 Å². The van der Waals surface area contributed by atoms with E-state index in [0.717, 1.165) is 13.1 Å². The van der Waals surface area contributed by atoms with Crippen molar-refractivity contribution in [1.82, 2.24) is 4.31 Å². The second-order valence-electron chi connectivity index (χ2n) is 3.70. The van der Waals surface area contributed by atoms with Gasteiger partial charge >= 0.3 is 0 Å². The van der Waals surface area contributed by atoms with E-state index >= 15 is 0 Å². The lowest BCUT2D eigenvalue weighted by molar-refractivity contribution is -0.661. The van der Waals surface area contributed by atoms with Crippen molar-refractivity contribution in [2.75, 3.05) is 26.2 Å². The van der Waals surface area contributed by atoms with E-state index in [9.17, 15) is 12.8 Å². The highest BCUT2D eigenvalue weighted by molar-refractivity contribution is 7.89. The van der Waals surface area contributed by atoms with Crippen LogP contribution in [-0.2, 0) is 10.0 Å². The van der Waals surface area contributed by atoms with Gasteiger partial charge < -0.3 is 5.32 Å². The summed E-state index contributed by atoms with van der Waals surface area (Å²) >= 11 is 0. The van der Waals surface area contributed by atoms with Crippen LogP contribution in [-0.4, -0.2) is 38.9 Å². The molecule has 1 aliphatic heterocycles. The molecule has 1 fully saturated rings. The molecule has 1 aliphatic rings. The van der Waals surface area contributed by atoms with E-state index in [1.54, 1.807) is 0 Å². The van der Waals surface area contributed by atoms with Crippen LogP contribution in [0.5, 0.6) is 0 Å². The highest BCUT2D eigenvalue weighted by Gasteiger charge is 2.29. The molecule has 0 atom stereocenters. The molecule has 88 valence electrons. The van der Waals surface area contributed by atoms with E-state index < -0.39 is 15.8 Å². The summed E-state index contributed by atoms with van der Waals surface area (Å²) in [6.07, 6.45) is 0. The van der Waals surface area contributed by atoms with Gasteiger partial charge in [-0.15, -0.1) is 0 Å². The highest BCUT2D eigenvalue weighted by atomic mass is 32.2. The van der Waals surface area contributed by atoms with Gasteiger partial charge in [-0.3, -0.25) is 0 Å². The van der Waals surface area contributed by atoms with Gasteiger partial charge in [-0.2, -0.15) is 4.31 Å². The second-order valence-corrected chi connectivity index (χ2v) is 5.61. The van der Waals surface area contributed by atoms with Crippen LogP contribution in [0.4, 0.5) is 4.39 Å². The number of hydrogen-bond acceptors (Lipinski definition) is 2. The topological polar surface area (TPSA) is 54.0 Å². The van der Waals surface area contributed by atoms with Crippen molar-refractivity contribution in [3.8, 4) is 0 Å². The molecule has 0 spiro atoms. The summed E-state index contributed by atoms with van der Waals surface area (Å²) in [5, 5.41) is 2.05. The van der Waals surface area contributed by atoms with Gasteiger partial charge in [0, 0.05) is 0 Å². The van der Waals surface area contributed by atoms with Crippen LogP contribution in [0.2, 0.25) is 0 Å². The summed E-state index contributed by atoms with van der Waals surface area (Å²) in [5.74, 6) is -0.683. The SMILES string of the molecule is O=S(=O)(c1ccccc1F)N1CC[NH2+]CC1. The molecular formula is C10H14FN2O2S+. The molecule has 6 heteroatoms. The quantitative estimate of drug-likeness (QED) is 0.756. The molecule has 2 N–H and O–H groups in total. The van der Waals surface area contributed by atoms with E-state index in [4.69, 9.17) is 0 Å². The Bertz CT molecular complexity index is 469. The number of halogens is 1. The summed E-state index contributed by atoms with van der Waals surface area (Å²) in [6.45, 7) is 2.34. The average molecular weight is 245 g/mol. The Balaban J connectivity index is 2.35. The lowest BCUT2D eigenvalue weighted by atomic mass is 10.3. The minimum Gasteiger partial charge on any atom is -0.344 e. The highest BCUT2D eigenvalue weighted by Crippen LogP contribution is 2.18. The van der Waals surface area contributed by atoms with Gasteiger partial charge in [0.05, 0.1) is 26.2 Å². The van der Waals surface area contributed by atoms with Gasteiger partial charge in [0.2, 0.25) is 10.0 Å². The van der Waals surface area contributed by atoms with Crippen molar-refractivity contribution in [3.05, 3.63) is 30.1 Å². The number of nitrogens with zero attached hydrogens (tertiary/aromatic N) is 1. The molecule has 0 aromatic heterocycles. The first-order valence-electron chi connectivity index (χ1n) is 5.19. The van der Waals surface area contributed by atoms with Crippen molar-refractivity contribution >= 4 is 10.0 Å². The molecule has 0 saturated carbocycles. The van der Waals surface area contributed by atoms with Crippen LogP contribution in [0.1, 0.15) is 0 Å². The van der Waals surface area contributed by atoms with E-state index in [1.165, 1.54) is 28.6 Å². The fraction of sp³-hybridized carbons (Fsp3) is 0.400. The number of nitrogens with two attached hydrogens (primary N) is 1. The number of quaternary nitrogens is 1. The van der Waals surface area contributed by atoms with Gasteiger partial charge in [-0.05, 0) is 12.1 Å². The van der Waals surface area contributed by atoms with Crippen LogP contribution < -0.4 is 5.32 Å². The van der Waals surface area contributed by atoms with Gasteiger partial charge in [0.1, 0.15) is 10.7 Å². The summed E-state index contributed by atoms with van der Waals surface area (Å²) in [6, 6.07) is 5.50. The van der Waals surface area contributed by atoms with Gasteiger partial charge in [0.15, 0.2) is 0 Å². The number of piperazine rings is 1. The number of benzene rings is 1. The molecule has 1 aromatic rings. The number of rotatable bonds is 2. The molecule has 1 heterocycles. The lowest BCUT2D eigenvalue weighted by Gasteiger charge is -2.24. The first kappa shape index (κ1) is 11.5. The van der Waals surface area contributed by atoms with Crippen molar-refractivity contribution in [2.45, 2.75) is 4.90 Å². The van der Waals surface area contributed by atoms with Gasteiger partial charge in [0.25, 0.3) is 0 Å². The minimum atomic E-state index is -3.65. The van der Waals surface area contributed by atoms with Crippen LogP contribution in [0.25, 0.3) is 0 Å². The molecule has 2 rings (SSSR count). The maximum absolute atomic E-state index is 13.4. The van der Waals surface area contributed by atoms with E-state index in [-0.39, 0.29) is 4.90 Å². The third-order valence-corrected chi connectivity index (χ3v) is 4.55. The Hall–Kier alpha value is -0.980. The Morgan fingerprint density at radius 1 is 1.19 bits per heavy atom. The Morgan fingerprint density at radius 2 is 1.81 bits per heavy atom. The largest absolute Gasteiger partial charge is 0.344 e. The summed E-state index contributed by atoms with van der Waals surface area (Å²) in [5.41, 5.74) is 0. The van der Waals surface area contributed by atoms with Crippen molar-refractivity contribution in [3.63, 3.8) is 0 Å². The van der Waals surface area contributed by atoms with Crippen LogP contribution >= 0.6 is 0 Å². The summed E-state index contributed by atoms with van der Waals surface area (Å²) in [4.78, 5) is -0.225. The third kappa shape index (κ3) is 2.09. The maximum Gasteiger partial charge on any atom is 0.246 e. The average Bonchev–Trinajstić information content (AvgIpc) is 2.30. The molecule has 0 bridgehead atoms. The Morgan fingerprint density at radius 3 is 2.44 bits per heavy atom. The zero-order valence-electron chi connectivity index (χ0n) is 8.77. The summed E-state index contributed by atoms with van der Waals surface area (Å²) in [7, 11) is -3.65. The van der Waals surface area contributed by atoms with E-state index in [0.29, 0.717) is 13.1 Å². The molecule has 16 heavy (non-hydrogen) atoms. The first-order valence-corrected chi connectivity index (χ1v) is 6.63. The van der Waals surface area contributed by atoms with Crippen molar-refractivity contribution < 1.29 is 18.1 Å². The van der Waals surface area contributed by atoms with Crippen molar-refractivity contribution in [1.29, 1.82) is 0 Å². The molecule has 0 aliphatic carbocycles. The van der Waals surface area contributed by atoms with Crippen LogP contribution in [0, 0.1) is 5.82 Å². The molecule has 1 saturated heterocycles. The maximum atomic E-state index is 13.4. The van der Waals surface area contributed by atoms with E-state index in [2.05, 4.69) is 0 Å². The fourth-order valence-electron chi connectivity index (χ4n) is 1.76. The summed E-state index contributed by atoms with van der Waals surface area (Å²) < 4.78 is 38.9. The van der Waals surface area contributed by atoms with Gasteiger partial charge in [-0.25, -0.2) is 12.8 Å². The molecule has 0 radical (unpaired) electrons. The number of hydrogen-bond donors (Lipinski definition) is 1. The normalized spacial score (nSPS) is 18.6. The van der Waals surface area contributed by atoms with Crippen molar-refractivity contribution in [2.24, 2.45) is 0 Å². The fourth-order valence-corrected chi connectivity index (χ4v) is 3.29. The standard InChI is InChI=1S/C10H13FN2O2S/c11-9-3-1-2-4-10(9)16(14,15)13-7-5-12-6-8-13/h1-4,12H,5-8H2/p+1. The Labute approximate surface area is 94.1 Å². The van der Waals surface area contributed by atoms with Crippen LogP contribution in [0.15, 0.2) is 29.2 Å². The molecule has 1 aromatic carbocycles. The second kappa shape index (κ2) is 4.48. The predicted molar refractivity (Wildman–Crippen MR) is 56.8 cm³/mol.